The highest BCUT2D eigenvalue weighted by Crippen LogP contribution is 2.32. The molecule has 1 aliphatic rings. The first-order valence-corrected chi connectivity index (χ1v) is 5.71. The fourth-order valence-corrected chi connectivity index (χ4v) is 2.31. The van der Waals surface area contributed by atoms with Gasteiger partial charge in [0.1, 0.15) is 11.4 Å². The molecule has 1 atom stereocenters. The molecule has 3 heteroatoms. The van der Waals surface area contributed by atoms with E-state index < -0.39 is 0 Å². The maximum atomic E-state index is 5.74. The molecule has 1 fully saturated rings. The molecule has 0 saturated carbocycles. The summed E-state index contributed by atoms with van der Waals surface area (Å²) in [7, 11) is 3.47. The normalized spacial score (nSPS) is 25.4. The molecule has 1 aromatic carbocycles. The van der Waals surface area contributed by atoms with Crippen LogP contribution in [0.15, 0.2) is 24.3 Å². The number of nitrogens with one attached hydrogen (secondary N) is 1. The van der Waals surface area contributed by atoms with Gasteiger partial charge in [-0.3, -0.25) is 0 Å². The summed E-state index contributed by atoms with van der Waals surface area (Å²) >= 11 is 0. The molecule has 1 heterocycles. The molecule has 0 aliphatic carbocycles. The molecule has 0 aromatic heterocycles. The van der Waals surface area contributed by atoms with Crippen LogP contribution in [0.4, 0.5) is 0 Å². The van der Waals surface area contributed by atoms with Crippen molar-refractivity contribution in [2.45, 2.75) is 18.4 Å². The van der Waals surface area contributed by atoms with Gasteiger partial charge in [0.2, 0.25) is 0 Å². The molecule has 0 radical (unpaired) electrons. The standard InChI is InChI=1S/C13H19NO2/c1-15-12-6-4-11(5-7-12)13(16-2)8-3-9-14-10-13/h4-7,14H,3,8-10H2,1-2H3. The van der Waals surface area contributed by atoms with Gasteiger partial charge in [-0.1, -0.05) is 12.1 Å². The summed E-state index contributed by atoms with van der Waals surface area (Å²) < 4.78 is 10.9. The van der Waals surface area contributed by atoms with Crippen molar-refractivity contribution >= 4 is 0 Å². The minimum Gasteiger partial charge on any atom is -0.497 e. The molecular weight excluding hydrogens is 202 g/mol. The first kappa shape index (κ1) is 11.4. The third-order valence-electron chi connectivity index (χ3n) is 3.35. The van der Waals surface area contributed by atoms with E-state index in [0.717, 1.165) is 31.7 Å². The van der Waals surface area contributed by atoms with Crippen molar-refractivity contribution in [2.75, 3.05) is 27.3 Å². The summed E-state index contributed by atoms with van der Waals surface area (Å²) in [5.74, 6) is 0.888. The Kier molecular flexibility index (Phi) is 3.46. The first-order valence-electron chi connectivity index (χ1n) is 5.71. The van der Waals surface area contributed by atoms with Crippen LogP contribution in [-0.4, -0.2) is 27.3 Å². The lowest BCUT2D eigenvalue weighted by Gasteiger charge is -2.37. The first-order chi connectivity index (χ1) is 7.80. The fourth-order valence-electron chi connectivity index (χ4n) is 2.31. The summed E-state index contributed by atoms with van der Waals surface area (Å²) in [6.45, 7) is 1.97. The van der Waals surface area contributed by atoms with Crippen LogP contribution in [-0.2, 0) is 10.3 Å². The molecule has 1 unspecified atom stereocenters. The van der Waals surface area contributed by atoms with Crippen LogP contribution in [0.5, 0.6) is 5.75 Å². The van der Waals surface area contributed by atoms with E-state index in [9.17, 15) is 0 Å². The summed E-state index contributed by atoms with van der Waals surface area (Å²) in [5.41, 5.74) is 1.06. The Morgan fingerprint density at radius 2 is 1.94 bits per heavy atom. The smallest absolute Gasteiger partial charge is 0.118 e. The quantitative estimate of drug-likeness (QED) is 0.846. The van der Waals surface area contributed by atoms with Gasteiger partial charge in [-0.25, -0.2) is 0 Å². The number of ether oxygens (including phenoxy) is 2. The predicted octanol–water partition coefficient (Wildman–Crippen LogP) is 1.92. The van der Waals surface area contributed by atoms with E-state index in [4.69, 9.17) is 9.47 Å². The zero-order valence-electron chi connectivity index (χ0n) is 9.95. The highest BCUT2D eigenvalue weighted by atomic mass is 16.5. The highest BCUT2D eigenvalue weighted by molar-refractivity contribution is 5.31. The molecule has 0 spiro atoms. The minimum atomic E-state index is -0.162. The van der Waals surface area contributed by atoms with Gasteiger partial charge in [0.05, 0.1) is 7.11 Å². The Morgan fingerprint density at radius 3 is 2.44 bits per heavy atom. The van der Waals surface area contributed by atoms with Gasteiger partial charge in [-0.2, -0.15) is 0 Å². The Balaban J connectivity index is 2.24. The van der Waals surface area contributed by atoms with Gasteiger partial charge in [0, 0.05) is 13.7 Å². The van der Waals surface area contributed by atoms with Crippen molar-refractivity contribution in [1.82, 2.24) is 5.32 Å². The predicted molar refractivity (Wildman–Crippen MR) is 63.8 cm³/mol. The molecule has 1 aliphatic heterocycles. The molecule has 3 nitrogen and oxygen atoms in total. The van der Waals surface area contributed by atoms with Crippen molar-refractivity contribution in [3.05, 3.63) is 29.8 Å². The van der Waals surface area contributed by atoms with Crippen molar-refractivity contribution in [1.29, 1.82) is 0 Å². The molecule has 1 aromatic rings. The van der Waals surface area contributed by atoms with E-state index in [1.165, 1.54) is 5.56 Å². The molecule has 1 saturated heterocycles. The van der Waals surface area contributed by atoms with Gasteiger partial charge < -0.3 is 14.8 Å². The highest BCUT2D eigenvalue weighted by Gasteiger charge is 2.33. The Hall–Kier alpha value is -1.06. The van der Waals surface area contributed by atoms with Crippen LogP contribution < -0.4 is 10.1 Å². The number of benzene rings is 1. The number of methoxy groups -OCH3 is 2. The molecule has 88 valence electrons. The molecule has 2 rings (SSSR count). The van der Waals surface area contributed by atoms with Crippen LogP contribution in [0.25, 0.3) is 0 Å². The Labute approximate surface area is 96.8 Å². The second-order valence-electron chi connectivity index (χ2n) is 4.21. The largest absolute Gasteiger partial charge is 0.497 e. The molecule has 0 amide bonds. The van der Waals surface area contributed by atoms with Crippen molar-refractivity contribution in [3.63, 3.8) is 0 Å². The third-order valence-corrected chi connectivity index (χ3v) is 3.35. The van der Waals surface area contributed by atoms with E-state index in [0.29, 0.717) is 0 Å². The van der Waals surface area contributed by atoms with Crippen LogP contribution in [0.1, 0.15) is 18.4 Å². The van der Waals surface area contributed by atoms with Crippen LogP contribution in [0.2, 0.25) is 0 Å². The van der Waals surface area contributed by atoms with Gasteiger partial charge in [0.25, 0.3) is 0 Å². The number of rotatable bonds is 3. The summed E-state index contributed by atoms with van der Waals surface area (Å²) in [6, 6.07) is 8.17. The van der Waals surface area contributed by atoms with Gasteiger partial charge in [-0.15, -0.1) is 0 Å². The van der Waals surface area contributed by atoms with Gasteiger partial charge >= 0.3 is 0 Å². The zero-order valence-corrected chi connectivity index (χ0v) is 9.95. The molecular formula is C13H19NO2. The zero-order chi connectivity index (χ0) is 11.4. The number of hydrogen-bond acceptors (Lipinski definition) is 3. The summed E-state index contributed by atoms with van der Waals surface area (Å²) in [5, 5.41) is 3.40. The SMILES string of the molecule is COc1ccc(C2(OC)CCCNC2)cc1. The molecule has 1 N–H and O–H groups in total. The average Bonchev–Trinajstić information content (AvgIpc) is 2.39. The second kappa shape index (κ2) is 4.85. The van der Waals surface area contributed by atoms with E-state index in [-0.39, 0.29) is 5.60 Å². The van der Waals surface area contributed by atoms with Crippen molar-refractivity contribution in [3.8, 4) is 5.75 Å². The molecule has 0 bridgehead atoms. The minimum absolute atomic E-state index is 0.162. The average molecular weight is 221 g/mol. The lowest BCUT2D eigenvalue weighted by Crippen LogP contribution is -2.44. The monoisotopic (exact) mass is 221 g/mol. The fraction of sp³-hybridized carbons (Fsp3) is 0.538. The number of hydrogen-bond donors (Lipinski definition) is 1. The van der Waals surface area contributed by atoms with Crippen molar-refractivity contribution in [2.24, 2.45) is 0 Å². The van der Waals surface area contributed by atoms with E-state index >= 15 is 0 Å². The Morgan fingerprint density at radius 1 is 1.19 bits per heavy atom. The van der Waals surface area contributed by atoms with Crippen molar-refractivity contribution < 1.29 is 9.47 Å². The van der Waals surface area contributed by atoms with E-state index in [2.05, 4.69) is 17.4 Å². The van der Waals surface area contributed by atoms with E-state index in [1.807, 2.05) is 12.1 Å². The van der Waals surface area contributed by atoms with E-state index in [1.54, 1.807) is 14.2 Å². The lowest BCUT2D eigenvalue weighted by molar-refractivity contribution is -0.0333. The van der Waals surface area contributed by atoms with Gasteiger partial charge in [0.15, 0.2) is 0 Å². The third kappa shape index (κ3) is 2.06. The Bertz CT molecular complexity index is 328. The van der Waals surface area contributed by atoms with Crippen LogP contribution in [0.3, 0.4) is 0 Å². The van der Waals surface area contributed by atoms with Crippen LogP contribution in [0, 0.1) is 0 Å². The maximum Gasteiger partial charge on any atom is 0.118 e. The maximum absolute atomic E-state index is 5.74. The topological polar surface area (TPSA) is 30.5 Å². The summed E-state index contributed by atoms with van der Waals surface area (Å²) in [4.78, 5) is 0. The number of piperidine rings is 1. The summed E-state index contributed by atoms with van der Waals surface area (Å²) in [6.07, 6.45) is 2.22. The second-order valence-corrected chi connectivity index (χ2v) is 4.21. The molecule has 16 heavy (non-hydrogen) atoms. The van der Waals surface area contributed by atoms with Crippen LogP contribution >= 0.6 is 0 Å². The lowest BCUT2D eigenvalue weighted by atomic mass is 9.86. The van der Waals surface area contributed by atoms with Gasteiger partial charge in [-0.05, 0) is 37.1 Å².